The zero-order chi connectivity index (χ0) is 13.4. The third-order valence-electron chi connectivity index (χ3n) is 4.13. The molecule has 2 aromatic rings. The molecule has 3 rings (SSSR count). The summed E-state index contributed by atoms with van der Waals surface area (Å²) in [4.78, 5) is 0. The van der Waals surface area contributed by atoms with Gasteiger partial charge in [0.1, 0.15) is 0 Å². The van der Waals surface area contributed by atoms with Crippen molar-refractivity contribution in [1.29, 1.82) is 0 Å². The fourth-order valence-corrected chi connectivity index (χ4v) is 3.04. The van der Waals surface area contributed by atoms with E-state index in [0.29, 0.717) is 6.04 Å². The molecule has 98 valence electrons. The Morgan fingerprint density at radius 1 is 1.11 bits per heavy atom. The summed E-state index contributed by atoms with van der Waals surface area (Å²) in [7, 11) is 0. The van der Waals surface area contributed by atoms with Crippen LogP contribution < -0.4 is 5.32 Å². The monoisotopic (exact) mass is 251 g/mol. The van der Waals surface area contributed by atoms with Crippen LogP contribution in [0, 0.1) is 13.8 Å². The Morgan fingerprint density at radius 2 is 1.95 bits per heavy atom. The lowest BCUT2D eigenvalue weighted by atomic mass is 9.96. The summed E-state index contributed by atoms with van der Waals surface area (Å²) < 4.78 is 0. The predicted molar refractivity (Wildman–Crippen MR) is 81.8 cm³/mol. The van der Waals surface area contributed by atoms with Gasteiger partial charge in [-0.15, -0.1) is 0 Å². The van der Waals surface area contributed by atoms with E-state index < -0.39 is 0 Å². The second-order valence-corrected chi connectivity index (χ2v) is 5.61. The molecule has 1 heteroatoms. The minimum absolute atomic E-state index is 0.433. The largest absolute Gasteiger partial charge is 0.378 e. The molecule has 1 nitrogen and oxygen atoms in total. The van der Waals surface area contributed by atoms with Gasteiger partial charge in [0, 0.05) is 5.69 Å². The Kier molecular flexibility index (Phi) is 3.06. The fraction of sp³-hybridized carbons (Fsp3) is 0.333. The maximum Gasteiger partial charge on any atom is 0.0557 e. The van der Waals surface area contributed by atoms with Crippen molar-refractivity contribution in [2.45, 2.75) is 39.7 Å². The lowest BCUT2D eigenvalue weighted by Gasteiger charge is -2.15. The summed E-state index contributed by atoms with van der Waals surface area (Å²) in [6, 6.07) is 14.0. The Morgan fingerprint density at radius 3 is 2.68 bits per heavy atom. The zero-order valence-electron chi connectivity index (χ0n) is 12.0. The summed E-state index contributed by atoms with van der Waals surface area (Å²) >= 11 is 0. The van der Waals surface area contributed by atoms with E-state index in [2.05, 4.69) is 62.5 Å². The van der Waals surface area contributed by atoms with Crippen LogP contribution >= 0.6 is 0 Å². The molecule has 1 atom stereocenters. The first-order valence-electron chi connectivity index (χ1n) is 7.13. The standard InChI is InChI=1S/C18H21N/c1-4-14-6-8-17-15(10-14)11-18(19-17)16-7-5-12(2)9-13(16)3/h5-10,18-19H,4,11H2,1-3H3. The molecule has 19 heavy (non-hydrogen) atoms. The van der Waals surface area contributed by atoms with Gasteiger partial charge in [0.15, 0.2) is 0 Å². The normalized spacial score (nSPS) is 17.1. The van der Waals surface area contributed by atoms with Crippen molar-refractivity contribution in [2.75, 3.05) is 5.32 Å². The van der Waals surface area contributed by atoms with E-state index in [4.69, 9.17) is 0 Å². The van der Waals surface area contributed by atoms with Crippen LogP contribution in [0.15, 0.2) is 36.4 Å². The molecule has 0 radical (unpaired) electrons. The molecule has 0 fully saturated rings. The Balaban J connectivity index is 1.90. The summed E-state index contributed by atoms with van der Waals surface area (Å²) in [5.41, 5.74) is 8.36. The quantitative estimate of drug-likeness (QED) is 0.824. The van der Waals surface area contributed by atoms with Crippen LogP contribution in [0.5, 0.6) is 0 Å². The van der Waals surface area contributed by atoms with Crippen molar-refractivity contribution >= 4 is 5.69 Å². The molecule has 1 aliphatic heterocycles. The molecule has 1 heterocycles. The van der Waals surface area contributed by atoms with E-state index in [9.17, 15) is 0 Å². The number of nitrogens with one attached hydrogen (secondary N) is 1. The van der Waals surface area contributed by atoms with Gasteiger partial charge in [-0.1, -0.05) is 42.8 Å². The molecule has 1 aliphatic rings. The fourth-order valence-electron chi connectivity index (χ4n) is 3.04. The van der Waals surface area contributed by atoms with E-state index in [0.717, 1.165) is 12.8 Å². The Bertz CT molecular complexity index is 613. The molecule has 1 unspecified atom stereocenters. The smallest absolute Gasteiger partial charge is 0.0557 e. The molecule has 0 amide bonds. The van der Waals surface area contributed by atoms with Gasteiger partial charge >= 0.3 is 0 Å². The highest BCUT2D eigenvalue weighted by Gasteiger charge is 2.23. The third kappa shape index (κ3) is 2.25. The van der Waals surface area contributed by atoms with Crippen molar-refractivity contribution in [3.05, 3.63) is 64.2 Å². The molecule has 0 saturated heterocycles. The van der Waals surface area contributed by atoms with Gasteiger partial charge in [-0.05, 0) is 55.0 Å². The molecule has 2 aromatic carbocycles. The van der Waals surface area contributed by atoms with Crippen LogP contribution in [-0.2, 0) is 12.8 Å². The topological polar surface area (TPSA) is 12.0 Å². The minimum Gasteiger partial charge on any atom is -0.378 e. The third-order valence-corrected chi connectivity index (χ3v) is 4.13. The van der Waals surface area contributed by atoms with Crippen LogP contribution in [0.4, 0.5) is 5.69 Å². The second kappa shape index (κ2) is 4.73. The van der Waals surface area contributed by atoms with Crippen LogP contribution in [0.25, 0.3) is 0 Å². The van der Waals surface area contributed by atoms with Crippen molar-refractivity contribution in [1.82, 2.24) is 0 Å². The van der Waals surface area contributed by atoms with Gasteiger partial charge in [0.05, 0.1) is 6.04 Å². The lowest BCUT2D eigenvalue weighted by Crippen LogP contribution is -2.07. The maximum atomic E-state index is 3.66. The number of benzene rings is 2. The van der Waals surface area contributed by atoms with E-state index in [-0.39, 0.29) is 0 Å². The molecule has 0 aromatic heterocycles. The summed E-state index contributed by atoms with van der Waals surface area (Å²) in [6.45, 7) is 6.58. The van der Waals surface area contributed by atoms with E-state index in [1.54, 1.807) is 0 Å². The average molecular weight is 251 g/mol. The number of fused-ring (bicyclic) bond motifs is 1. The average Bonchev–Trinajstić information content (AvgIpc) is 2.80. The van der Waals surface area contributed by atoms with E-state index >= 15 is 0 Å². The van der Waals surface area contributed by atoms with Crippen molar-refractivity contribution in [3.63, 3.8) is 0 Å². The highest BCUT2D eigenvalue weighted by Crippen LogP contribution is 2.36. The molecular weight excluding hydrogens is 230 g/mol. The molecule has 0 spiro atoms. The second-order valence-electron chi connectivity index (χ2n) is 5.61. The van der Waals surface area contributed by atoms with Crippen molar-refractivity contribution in [3.8, 4) is 0 Å². The van der Waals surface area contributed by atoms with Crippen molar-refractivity contribution < 1.29 is 0 Å². The lowest BCUT2D eigenvalue weighted by molar-refractivity contribution is 0.815. The number of rotatable bonds is 2. The summed E-state index contributed by atoms with van der Waals surface area (Å²) in [5, 5.41) is 3.66. The van der Waals surface area contributed by atoms with E-state index in [1.807, 2.05) is 0 Å². The van der Waals surface area contributed by atoms with Gasteiger partial charge in [0.25, 0.3) is 0 Å². The van der Waals surface area contributed by atoms with Crippen LogP contribution in [0.2, 0.25) is 0 Å². The molecule has 0 bridgehead atoms. The first kappa shape index (κ1) is 12.3. The van der Waals surface area contributed by atoms with Crippen LogP contribution in [-0.4, -0.2) is 0 Å². The van der Waals surface area contributed by atoms with Gasteiger partial charge < -0.3 is 5.32 Å². The molecular formula is C18H21N. The Hall–Kier alpha value is -1.76. The molecule has 0 aliphatic carbocycles. The number of aryl methyl sites for hydroxylation is 3. The first-order valence-corrected chi connectivity index (χ1v) is 7.13. The van der Waals surface area contributed by atoms with Gasteiger partial charge in [-0.25, -0.2) is 0 Å². The minimum atomic E-state index is 0.433. The van der Waals surface area contributed by atoms with Gasteiger partial charge in [-0.2, -0.15) is 0 Å². The van der Waals surface area contributed by atoms with Crippen molar-refractivity contribution in [2.24, 2.45) is 0 Å². The van der Waals surface area contributed by atoms with Gasteiger partial charge in [0.2, 0.25) is 0 Å². The number of anilines is 1. The summed E-state index contributed by atoms with van der Waals surface area (Å²) in [5.74, 6) is 0. The number of hydrogen-bond donors (Lipinski definition) is 1. The molecule has 0 saturated carbocycles. The molecule has 1 N–H and O–H groups in total. The highest BCUT2D eigenvalue weighted by atomic mass is 14.9. The highest BCUT2D eigenvalue weighted by molar-refractivity contribution is 5.60. The SMILES string of the molecule is CCc1ccc2c(c1)CC(c1ccc(C)cc1C)N2. The van der Waals surface area contributed by atoms with E-state index in [1.165, 1.54) is 33.5 Å². The van der Waals surface area contributed by atoms with Gasteiger partial charge in [-0.3, -0.25) is 0 Å². The summed E-state index contributed by atoms with van der Waals surface area (Å²) in [6.07, 6.45) is 2.22. The predicted octanol–water partition coefficient (Wildman–Crippen LogP) is 4.58. The maximum absolute atomic E-state index is 3.66. The first-order chi connectivity index (χ1) is 9.17. The van der Waals surface area contributed by atoms with Crippen LogP contribution in [0.1, 0.15) is 40.8 Å². The number of hydrogen-bond acceptors (Lipinski definition) is 1. The zero-order valence-corrected chi connectivity index (χ0v) is 12.0. The Labute approximate surface area is 115 Å². The van der Waals surface area contributed by atoms with Crippen LogP contribution in [0.3, 0.4) is 0 Å².